The third-order valence-electron chi connectivity index (χ3n) is 5.52. The zero-order chi connectivity index (χ0) is 16.6. The van der Waals surface area contributed by atoms with Crippen LogP contribution in [-0.2, 0) is 4.79 Å². The summed E-state index contributed by atoms with van der Waals surface area (Å²) in [5, 5.41) is 3.16. The molecule has 1 aromatic carbocycles. The van der Waals surface area contributed by atoms with Crippen LogP contribution in [0.25, 0.3) is 0 Å². The van der Waals surface area contributed by atoms with E-state index >= 15 is 0 Å². The highest BCUT2D eigenvalue weighted by Gasteiger charge is 2.40. The molecule has 0 spiro atoms. The van der Waals surface area contributed by atoms with Crippen molar-refractivity contribution in [3.8, 4) is 0 Å². The molecule has 5 heteroatoms. The van der Waals surface area contributed by atoms with Crippen molar-refractivity contribution in [2.24, 2.45) is 17.6 Å². The number of benzene rings is 1. The van der Waals surface area contributed by atoms with Gasteiger partial charge in [0.2, 0.25) is 5.91 Å². The van der Waals surface area contributed by atoms with E-state index in [1.54, 1.807) is 6.92 Å². The zero-order valence-corrected chi connectivity index (χ0v) is 13.4. The van der Waals surface area contributed by atoms with Crippen LogP contribution >= 0.6 is 0 Å². The van der Waals surface area contributed by atoms with Crippen molar-refractivity contribution in [3.05, 3.63) is 35.4 Å². The molecule has 1 aromatic rings. The van der Waals surface area contributed by atoms with Crippen LogP contribution < -0.4 is 11.1 Å². The first kappa shape index (κ1) is 16.4. The summed E-state index contributed by atoms with van der Waals surface area (Å²) in [6.45, 7) is 1.73. The van der Waals surface area contributed by atoms with Gasteiger partial charge in [-0.1, -0.05) is 12.5 Å². The van der Waals surface area contributed by atoms with E-state index in [-0.39, 0.29) is 18.0 Å². The van der Waals surface area contributed by atoms with Crippen LogP contribution in [0.1, 0.15) is 50.5 Å². The molecule has 1 amide bonds. The number of fused-ring (bicyclic) bond motifs is 2. The summed E-state index contributed by atoms with van der Waals surface area (Å²) in [6.07, 6.45) is 5.33. The van der Waals surface area contributed by atoms with Crippen molar-refractivity contribution in [2.75, 3.05) is 0 Å². The molecule has 2 aliphatic rings. The molecule has 2 aliphatic carbocycles. The molecule has 0 radical (unpaired) electrons. The molecule has 23 heavy (non-hydrogen) atoms. The number of hydrogen-bond donors (Lipinski definition) is 2. The number of hydrogen-bond acceptors (Lipinski definition) is 2. The van der Waals surface area contributed by atoms with Crippen molar-refractivity contribution in [2.45, 2.75) is 57.0 Å². The van der Waals surface area contributed by atoms with Crippen LogP contribution in [0.15, 0.2) is 18.2 Å². The largest absolute Gasteiger partial charge is 0.352 e. The quantitative estimate of drug-likeness (QED) is 0.898. The van der Waals surface area contributed by atoms with Gasteiger partial charge in [-0.05, 0) is 62.1 Å². The van der Waals surface area contributed by atoms with E-state index in [2.05, 4.69) is 5.32 Å². The lowest BCUT2D eigenvalue weighted by Gasteiger charge is -2.45. The molecule has 2 fully saturated rings. The highest BCUT2D eigenvalue weighted by atomic mass is 19.2. The SMILES string of the molecule is CC(C(=O)NC1C2CCCC1CC(N)C2)c1ccc(F)c(F)c1. The van der Waals surface area contributed by atoms with Gasteiger partial charge in [0.25, 0.3) is 0 Å². The molecular formula is C18H24F2N2O. The predicted molar refractivity (Wildman–Crippen MR) is 84.7 cm³/mol. The normalized spacial score (nSPS) is 31.5. The van der Waals surface area contributed by atoms with Crippen LogP contribution in [0.4, 0.5) is 8.78 Å². The Labute approximate surface area is 135 Å². The van der Waals surface area contributed by atoms with Gasteiger partial charge in [-0.25, -0.2) is 8.78 Å². The zero-order valence-electron chi connectivity index (χ0n) is 13.4. The van der Waals surface area contributed by atoms with E-state index in [9.17, 15) is 13.6 Å². The first-order valence-corrected chi connectivity index (χ1v) is 8.46. The van der Waals surface area contributed by atoms with E-state index in [4.69, 9.17) is 5.73 Å². The molecule has 3 unspecified atom stereocenters. The fraction of sp³-hybridized carbons (Fsp3) is 0.611. The minimum Gasteiger partial charge on any atom is -0.352 e. The maximum absolute atomic E-state index is 13.4. The Kier molecular flexibility index (Phi) is 4.67. The van der Waals surface area contributed by atoms with Gasteiger partial charge in [-0.15, -0.1) is 0 Å². The molecule has 126 valence electrons. The number of carbonyl (C=O) groups is 1. The number of halogens is 2. The summed E-state index contributed by atoms with van der Waals surface area (Å²) in [4.78, 5) is 12.6. The lowest BCUT2D eigenvalue weighted by molar-refractivity contribution is -0.124. The second kappa shape index (κ2) is 6.56. The fourth-order valence-corrected chi connectivity index (χ4v) is 4.25. The number of amides is 1. The molecule has 3 rings (SSSR count). The summed E-state index contributed by atoms with van der Waals surface area (Å²) in [6, 6.07) is 4.06. The molecule has 3 atom stereocenters. The number of rotatable bonds is 3. The summed E-state index contributed by atoms with van der Waals surface area (Å²) in [5.41, 5.74) is 6.61. The summed E-state index contributed by atoms with van der Waals surface area (Å²) in [7, 11) is 0. The Morgan fingerprint density at radius 2 is 1.87 bits per heavy atom. The van der Waals surface area contributed by atoms with Gasteiger partial charge in [-0.3, -0.25) is 4.79 Å². The number of carbonyl (C=O) groups excluding carboxylic acids is 1. The molecule has 3 N–H and O–H groups in total. The van der Waals surface area contributed by atoms with Crippen LogP contribution in [-0.4, -0.2) is 18.0 Å². The molecule has 3 nitrogen and oxygen atoms in total. The third kappa shape index (κ3) is 3.39. The van der Waals surface area contributed by atoms with E-state index in [1.165, 1.54) is 12.5 Å². The molecule has 2 bridgehead atoms. The summed E-state index contributed by atoms with van der Waals surface area (Å²) in [5.74, 6) is -1.54. The van der Waals surface area contributed by atoms with E-state index in [0.29, 0.717) is 17.4 Å². The maximum atomic E-state index is 13.4. The van der Waals surface area contributed by atoms with Crippen molar-refractivity contribution < 1.29 is 13.6 Å². The minimum absolute atomic E-state index is 0.117. The van der Waals surface area contributed by atoms with Crippen molar-refractivity contribution in [1.82, 2.24) is 5.32 Å². The lowest BCUT2D eigenvalue weighted by atomic mass is 9.67. The molecule has 0 saturated heterocycles. The maximum Gasteiger partial charge on any atom is 0.227 e. The Hall–Kier alpha value is -1.49. The average Bonchev–Trinajstić information content (AvgIpc) is 2.50. The molecule has 0 aliphatic heterocycles. The second-order valence-corrected chi connectivity index (χ2v) is 7.11. The Balaban J connectivity index is 1.69. The molecular weight excluding hydrogens is 298 g/mol. The number of nitrogens with two attached hydrogens (primary N) is 1. The van der Waals surface area contributed by atoms with Gasteiger partial charge in [0.1, 0.15) is 0 Å². The van der Waals surface area contributed by atoms with E-state index in [0.717, 1.165) is 37.8 Å². The van der Waals surface area contributed by atoms with Gasteiger partial charge in [0, 0.05) is 12.1 Å². The van der Waals surface area contributed by atoms with Gasteiger partial charge in [0.05, 0.1) is 5.92 Å². The third-order valence-corrected chi connectivity index (χ3v) is 5.52. The topological polar surface area (TPSA) is 55.1 Å². The van der Waals surface area contributed by atoms with Gasteiger partial charge >= 0.3 is 0 Å². The van der Waals surface area contributed by atoms with E-state index in [1.807, 2.05) is 0 Å². The highest BCUT2D eigenvalue weighted by molar-refractivity contribution is 5.83. The van der Waals surface area contributed by atoms with Crippen LogP contribution in [0.2, 0.25) is 0 Å². The van der Waals surface area contributed by atoms with E-state index < -0.39 is 17.6 Å². The van der Waals surface area contributed by atoms with Gasteiger partial charge < -0.3 is 11.1 Å². The van der Waals surface area contributed by atoms with Gasteiger partial charge in [-0.2, -0.15) is 0 Å². The van der Waals surface area contributed by atoms with Crippen molar-refractivity contribution in [1.29, 1.82) is 0 Å². The van der Waals surface area contributed by atoms with Crippen molar-refractivity contribution in [3.63, 3.8) is 0 Å². The summed E-state index contributed by atoms with van der Waals surface area (Å²) >= 11 is 0. The highest BCUT2D eigenvalue weighted by Crippen LogP contribution is 2.40. The standard InChI is InChI=1S/C18H24F2N2O/c1-10(11-5-6-15(19)16(20)9-11)18(23)22-17-12-3-2-4-13(17)8-14(21)7-12/h5-6,9-10,12-14,17H,2-4,7-8,21H2,1H3,(H,22,23). The Morgan fingerprint density at radius 1 is 1.22 bits per heavy atom. The summed E-state index contributed by atoms with van der Waals surface area (Å²) < 4.78 is 26.4. The van der Waals surface area contributed by atoms with Crippen LogP contribution in [0, 0.1) is 23.5 Å². The predicted octanol–water partition coefficient (Wildman–Crippen LogP) is 3.09. The minimum atomic E-state index is -0.914. The first-order valence-electron chi connectivity index (χ1n) is 8.46. The monoisotopic (exact) mass is 322 g/mol. The second-order valence-electron chi connectivity index (χ2n) is 7.11. The lowest BCUT2D eigenvalue weighted by Crippen LogP contribution is -2.54. The molecule has 0 heterocycles. The smallest absolute Gasteiger partial charge is 0.227 e. The average molecular weight is 322 g/mol. The van der Waals surface area contributed by atoms with Crippen LogP contribution in [0.5, 0.6) is 0 Å². The number of nitrogens with one attached hydrogen (secondary N) is 1. The fourth-order valence-electron chi connectivity index (χ4n) is 4.25. The Bertz CT molecular complexity index is 578. The van der Waals surface area contributed by atoms with Crippen molar-refractivity contribution >= 4 is 5.91 Å². The molecule has 0 aromatic heterocycles. The Morgan fingerprint density at radius 3 is 2.48 bits per heavy atom. The van der Waals surface area contributed by atoms with Crippen LogP contribution in [0.3, 0.4) is 0 Å². The first-order chi connectivity index (χ1) is 11.0. The molecule has 2 saturated carbocycles. The van der Waals surface area contributed by atoms with Gasteiger partial charge in [0.15, 0.2) is 11.6 Å².